The molecule has 6 rings (SSSR count). The summed E-state index contributed by atoms with van der Waals surface area (Å²) < 4.78 is 116. The van der Waals surface area contributed by atoms with E-state index in [1.54, 1.807) is 0 Å². The molecule has 46 nitrogen and oxygen atoms in total. The molecule has 0 aliphatic carbocycles. The number of aromatic nitrogens is 12. The summed E-state index contributed by atoms with van der Waals surface area (Å²) in [6.07, 6.45) is 5.25. The third-order valence-electron chi connectivity index (χ3n) is 11.9. The van der Waals surface area contributed by atoms with Crippen molar-refractivity contribution < 1.29 is 103 Å². The Kier molecular flexibility index (Phi) is 26.1. The van der Waals surface area contributed by atoms with Crippen molar-refractivity contribution in [3.63, 3.8) is 0 Å². The average Bonchev–Trinajstić information content (AvgIpc) is 1.04. The minimum absolute atomic E-state index is 0.190. The van der Waals surface area contributed by atoms with Crippen LogP contribution in [-0.4, -0.2) is 132 Å². The second-order valence-corrected chi connectivity index (χ2v) is 25.7. The maximum atomic E-state index is 12.8. The second kappa shape index (κ2) is 32.6. The molecule has 0 spiro atoms. The lowest BCUT2D eigenvalue weighted by molar-refractivity contribution is 0.133. The van der Waals surface area contributed by atoms with E-state index >= 15 is 0 Å². The van der Waals surface area contributed by atoms with Crippen molar-refractivity contribution in [3.05, 3.63) is 196 Å². The van der Waals surface area contributed by atoms with Gasteiger partial charge >= 0.3 is 73.3 Å². The number of aromatic amines is 6. The zero-order valence-electron chi connectivity index (χ0n) is 47.3. The normalized spacial score (nSPS) is 15.0. The number of hydrogen-bond acceptors (Lipinski definition) is 29. The highest BCUT2D eigenvalue weighted by atomic mass is 31.2. The summed E-state index contributed by atoms with van der Waals surface area (Å²) >= 11 is 0. The first kappa shape index (κ1) is 74.6. The smallest absolute Gasteiger partial charge is 0.395 e. The molecule has 0 fully saturated rings. The monoisotopic (exact) mass is 1430 g/mol. The minimum atomic E-state index is -5.14. The van der Waals surface area contributed by atoms with E-state index in [4.69, 9.17) is 50.3 Å². The Labute approximate surface area is 512 Å². The van der Waals surface area contributed by atoms with E-state index in [9.17, 15) is 110 Å². The number of aliphatic hydroxyl groups is 2. The van der Waals surface area contributed by atoms with Gasteiger partial charge in [0.1, 0.15) is 0 Å². The molecule has 0 amide bonds. The van der Waals surface area contributed by atoms with Gasteiger partial charge in [-0.15, -0.1) is 0 Å². The summed E-state index contributed by atoms with van der Waals surface area (Å²) in [5.41, 5.74) is -14.9. The van der Waals surface area contributed by atoms with Crippen LogP contribution in [0.2, 0.25) is 0 Å². The molecule has 6 heterocycles. The van der Waals surface area contributed by atoms with Crippen LogP contribution < -0.4 is 67.5 Å². The maximum Gasteiger partial charge on any atom is 0.472 e. The SMILES string of the molecule is O=c1[nH]c(=O)n(CCOP(=O)(O)OCc2cn(CCOP(=O)(O)OCc3cn(CCOP(=O)(O)OCc4cn(CCOP(=O)(O)OCc5cn(CCOP(=O)(O)OCc6cn(CCO)c(=O)[nH]c6=O)c(=O)[nH]c5=O)c(=O)[nH]c4=O)c(=O)[nH]c3=O)c(=O)[nH]c2=O)cc1CO. The van der Waals surface area contributed by atoms with Gasteiger partial charge in [0, 0.05) is 37.2 Å². The van der Waals surface area contributed by atoms with Gasteiger partial charge in [0.15, 0.2) is 0 Å². The number of H-pyrrole nitrogens is 6. The maximum absolute atomic E-state index is 12.8. The lowest BCUT2D eigenvalue weighted by atomic mass is 10.3. The molecular formula is C42H55N12O34P5. The molecule has 0 radical (unpaired) electrons. The van der Waals surface area contributed by atoms with E-state index in [1.807, 2.05) is 29.9 Å². The summed E-state index contributed by atoms with van der Waals surface area (Å²) in [5, 5.41) is 18.3. The fourth-order valence-electron chi connectivity index (χ4n) is 7.27. The first-order valence-electron chi connectivity index (χ1n) is 25.8. The zero-order valence-corrected chi connectivity index (χ0v) is 51.7. The van der Waals surface area contributed by atoms with Crippen LogP contribution in [0.3, 0.4) is 0 Å². The van der Waals surface area contributed by atoms with Crippen LogP contribution >= 0.6 is 39.1 Å². The van der Waals surface area contributed by atoms with Crippen molar-refractivity contribution in [1.29, 1.82) is 0 Å². The molecule has 5 atom stereocenters. The molecular weight excluding hydrogens is 1370 g/mol. The Morgan fingerprint density at radius 2 is 0.452 bits per heavy atom. The molecule has 5 unspecified atom stereocenters. The Morgan fingerprint density at radius 1 is 0.280 bits per heavy atom. The zero-order chi connectivity index (χ0) is 68.6. The van der Waals surface area contributed by atoms with Gasteiger partial charge in [-0.3, -0.25) is 131 Å². The van der Waals surface area contributed by atoms with Crippen molar-refractivity contribution in [2.75, 3.05) is 39.6 Å². The van der Waals surface area contributed by atoms with Gasteiger partial charge in [0.25, 0.3) is 33.4 Å². The summed E-state index contributed by atoms with van der Waals surface area (Å²) in [4.78, 5) is 210. The van der Waals surface area contributed by atoms with E-state index in [1.165, 1.54) is 0 Å². The van der Waals surface area contributed by atoms with E-state index in [2.05, 4.69) is 0 Å². The van der Waals surface area contributed by atoms with Crippen molar-refractivity contribution in [2.45, 2.75) is 78.9 Å². The molecule has 512 valence electrons. The number of phosphoric acid groups is 5. The Bertz CT molecular complexity index is 4710. The summed E-state index contributed by atoms with van der Waals surface area (Å²) in [6, 6.07) is 0. The molecule has 0 aliphatic heterocycles. The predicted molar refractivity (Wildman–Crippen MR) is 304 cm³/mol. The van der Waals surface area contributed by atoms with Crippen molar-refractivity contribution in [2.24, 2.45) is 0 Å². The highest BCUT2D eigenvalue weighted by Gasteiger charge is 2.28. The van der Waals surface area contributed by atoms with Gasteiger partial charge in [-0.25, -0.2) is 51.6 Å². The summed E-state index contributed by atoms with van der Waals surface area (Å²) in [5.74, 6) is 0. The van der Waals surface area contributed by atoms with E-state index in [0.29, 0.717) is 9.13 Å². The van der Waals surface area contributed by atoms with Crippen LogP contribution in [0.25, 0.3) is 0 Å². The quantitative estimate of drug-likeness (QED) is 0.0160. The molecule has 0 bridgehead atoms. The highest BCUT2D eigenvalue weighted by Crippen LogP contribution is 2.47. The van der Waals surface area contributed by atoms with E-state index < -0.39 is 241 Å². The van der Waals surface area contributed by atoms with Crippen LogP contribution in [0, 0.1) is 0 Å². The third kappa shape index (κ3) is 22.9. The Balaban J connectivity index is 0.925. The van der Waals surface area contributed by atoms with Gasteiger partial charge in [0.05, 0.1) is 152 Å². The first-order valence-corrected chi connectivity index (χ1v) is 33.3. The van der Waals surface area contributed by atoms with Crippen LogP contribution in [0.4, 0.5) is 0 Å². The number of hydrogen-bond donors (Lipinski definition) is 13. The molecule has 6 aromatic rings. The summed E-state index contributed by atoms with van der Waals surface area (Å²) in [6.45, 7) is -12.9. The van der Waals surface area contributed by atoms with Gasteiger partial charge < -0.3 is 34.7 Å². The van der Waals surface area contributed by atoms with E-state index in [-0.39, 0.29) is 17.7 Å². The predicted octanol–water partition coefficient (Wildman–Crippen LogP) is -6.06. The molecule has 0 saturated carbocycles. The molecule has 13 N–H and O–H groups in total. The van der Waals surface area contributed by atoms with Gasteiger partial charge in [0.2, 0.25) is 0 Å². The number of nitrogens with zero attached hydrogens (tertiary/aromatic N) is 6. The molecule has 6 aromatic heterocycles. The van der Waals surface area contributed by atoms with Gasteiger partial charge in [-0.2, -0.15) is 0 Å². The lowest BCUT2D eigenvalue weighted by Gasteiger charge is -2.15. The van der Waals surface area contributed by atoms with Crippen molar-refractivity contribution in [1.82, 2.24) is 57.3 Å². The van der Waals surface area contributed by atoms with Crippen LogP contribution in [0.5, 0.6) is 0 Å². The third-order valence-corrected chi connectivity index (χ3v) is 16.7. The van der Waals surface area contributed by atoms with Crippen LogP contribution in [0.15, 0.2) is 94.7 Å². The number of phosphoric ester groups is 5. The molecule has 0 saturated heterocycles. The largest absolute Gasteiger partial charge is 0.472 e. The van der Waals surface area contributed by atoms with E-state index in [0.717, 1.165) is 55.4 Å². The topological polar surface area (TPSA) is 648 Å². The Hall–Kier alpha value is -7.45. The fraction of sp³-hybridized carbons (Fsp3) is 0.429. The number of aliphatic hydroxyl groups excluding tert-OH is 2. The highest BCUT2D eigenvalue weighted by molar-refractivity contribution is 7.48. The minimum Gasteiger partial charge on any atom is -0.395 e. The molecule has 0 aliphatic rings. The van der Waals surface area contributed by atoms with Gasteiger partial charge in [-0.05, 0) is 0 Å². The molecule has 51 heteroatoms. The standard InChI is InChI=1S/C42H55N12O34P5/c55-7-1-49-14-26(32(58)44-37(49)63)20-84-90(71,72)80-9-3-51-16-28(34(60)46-39(51)65)22-86-92(75,76)82-11-5-53-18-30(36(62)48-41(53)67)24-88-93(77,78)83-12-6-54-17-29(35(61)47-42(54)68)23-87-91(73,74)81-10-4-52-15-27(33(59)45-40(52)66)21-85-89(69,70)79-8-2-50-13-25(19-56)31(57)43-38(50)64/h13-18,55-56H,1-12,19-24H2,(H,69,70)(H,71,72)(H,73,74)(H,75,76)(H,77,78)(H,43,57,64)(H,44,58,63)(H,45,59,66)(H,46,60,65)(H,47,61,68)(H,48,62,67). The summed E-state index contributed by atoms with van der Waals surface area (Å²) in [7, 11) is -25.2. The molecule has 93 heavy (non-hydrogen) atoms. The average molecular weight is 1430 g/mol. The first-order chi connectivity index (χ1) is 43.6. The second-order valence-electron chi connectivity index (χ2n) is 18.4. The number of rotatable bonds is 38. The fourth-order valence-corrected chi connectivity index (χ4v) is 10.7. The number of nitrogens with one attached hydrogen (secondary N) is 6. The van der Waals surface area contributed by atoms with Crippen LogP contribution in [0.1, 0.15) is 33.4 Å². The Morgan fingerprint density at radius 3 is 0.634 bits per heavy atom. The van der Waals surface area contributed by atoms with Crippen molar-refractivity contribution in [3.8, 4) is 0 Å². The lowest BCUT2D eigenvalue weighted by Crippen LogP contribution is -2.33. The van der Waals surface area contributed by atoms with Crippen LogP contribution in [-0.2, 0) is 147 Å². The van der Waals surface area contributed by atoms with Gasteiger partial charge in [-0.1, -0.05) is 0 Å². The van der Waals surface area contributed by atoms with Crippen molar-refractivity contribution >= 4 is 39.1 Å². The molecule has 0 aromatic carbocycles.